The van der Waals surface area contributed by atoms with Gasteiger partial charge >= 0.3 is 17.9 Å². The van der Waals surface area contributed by atoms with E-state index in [9.17, 15) is 95.8 Å². The first-order valence-corrected chi connectivity index (χ1v) is 20.7. The first-order valence-electron chi connectivity index (χ1n) is 20.7. The molecule has 4 rings (SSSR count). The monoisotopic (exact) mass is 982 g/mol. The fourth-order valence-electron chi connectivity index (χ4n) is 7.87. The number of nitrogens with one attached hydrogen (secondary N) is 1. The Bertz CT molecular complexity index is 1680. The van der Waals surface area contributed by atoms with E-state index in [1.807, 2.05) is 0 Å². The van der Waals surface area contributed by atoms with Crippen molar-refractivity contribution in [1.29, 1.82) is 0 Å². The van der Waals surface area contributed by atoms with Crippen molar-refractivity contribution in [2.75, 3.05) is 26.4 Å². The van der Waals surface area contributed by atoms with Crippen LogP contribution in [0.1, 0.15) is 26.7 Å². The topological polar surface area (TPSA) is 536 Å². The molecule has 4 aliphatic heterocycles. The van der Waals surface area contributed by atoms with Gasteiger partial charge in [0.25, 0.3) is 11.6 Å². The standard InChI is InChI=1S/C36H62N4O27/c1-9(17(37)30(54)55)61-31-20(40-10(2)44)28(24(52)16(63-31)8-60-35(33(56)57)3-11(45)18(38)26(65-35)21(49)13(47)5-41)64-32-25(53)29(23(51)15(7-43)62-32)67-36(34(58)59)4-12(46)19(39)27(66-36)22(50)14(48)6-42/h9,11-29,31-32,41-43,45-53H,3-8,37-39H2,1-2H3,(H,40,44)(H,54,55)(H,56,57)(H,58,59)/t9-,11+,12+,13-,14-,15-,16-,17+,18-,19-,20-,21-,22-,23+,24+,25-,26-,27-,28-,29+,31+,32+,35+,36-/m1/s1. The van der Waals surface area contributed by atoms with Gasteiger partial charge in [-0.25, -0.2) is 9.59 Å². The van der Waals surface area contributed by atoms with Crippen molar-refractivity contribution in [3.8, 4) is 0 Å². The molecule has 0 unspecified atom stereocenters. The molecule has 4 heterocycles. The first kappa shape index (κ1) is 56.5. The molecule has 31 nitrogen and oxygen atoms in total. The second kappa shape index (κ2) is 23.3. The van der Waals surface area contributed by atoms with E-state index in [1.165, 1.54) is 0 Å². The molecule has 0 bridgehead atoms. The van der Waals surface area contributed by atoms with Crippen LogP contribution in [0.25, 0.3) is 0 Å². The highest BCUT2D eigenvalue weighted by atomic mass is 16.8. The Hall–Kier alpha value is -3.04. The Labute approximate surface area is 379 Å². The molecule has 0 aromatic heterocycles. The number of aliphatic hydroxyl groups is 12. The molecule has 1 amide bonds. The molecule has 0 radical (unpaired) electrons. The average Bonchev–Trinajstić information content (AvgIpc) is 3.27. The largest absolute Gasteiger partial charge is 0.480 e. The molecule has 0 spiro atoms. The Balaban J connectivity index is 1.75. The molecular formula is C36H62N4O27. The molecule has 4 fully saturated rings. The van der Waals surface area contributed by atoms with Crippen LogP contribution in [0.4, 0.5) is 0 Å². The average molecular weight is 983 g/mol. The molecule has 0 aromatic rings. The molecule has 24 atom stereocenters. The number of aliphatic carboxylic acids is 3. The van der Waals surface area contributed by atoms with Crippen LogP contribution in [0.3, 0.4) is 0 Å². The lowest BCUT2D eigenvalue weighted by Gasteiger charge is -2.51. The third-order valence-corrected chi connectivity index (χ3v) is 11.8. The maximum absolute atomic E-state index is 12.9. The van der Waals surface area contributed by atoms with Crippen LogP contribution in [0.15, 0.2) is 0 Å². The summed E-state index contributed by atoms with van der Waals surface area (Å²) in [7, 11) is 0. The van der Waals surface area contributed by atoms with Gasteiger partial charge in [0.05, 0.1) is 56.8 Å². The Kier molecular flexibility index (Phi) is 19.6. The quantitative estimate of drug-likeness (QED) is 0.0508. The van der Waals surface area contributed by atoms with E-state index >= 15 is 0 Å². The maximum atomic E-state index is 12.9. The van der Waals surface area contributed by atoms with E-state index in [2.05, 4.69) is 5.32 Å². The van der Waals surface area contributed by atoms with Gasteiger partial charge in [-0.15, -0.1) is 0 Å². The second-order valence-corrected chi connectivity index (χ2v) is 16.6. The lowest BCUT2D eigenvalue weighted by Crippen LogP contribution is -2.71. The summed E-state index contributed by atoms with van der Waals surface area (Å²) in [4.78, 5) is 50.1. The van der Waals surface area contributed by atoms with Crippen LogP contribution in [-0.2, 0) is 57.1 Å². The van der Waals surface area contributed by atoms with Gasteiger partial charge in [-0.3, -0.25) is 9.59 Å². The zero-order valence-electron chi connectivity index (χ0n) is 35.8. The number of aliphatic hydroxyl groups excluding tert-OH is 12. The highest BCUT2D eigenvalue weighted by Crippen LogP contribution is 2.39. The number of nitrogens with two attached hydrogens (primary N) is 3. The highest BCUT2D eigenvalue weighted by Gasteiger charge is 2.61. The van der Waals surface area contributed by atoms with Gasteiger partial charge in [-0.1, -0.05) is 0 Å². The highest BCUT2D eigenvalue weighted by molar-refractivity contribution is 5.76. The normalized spacial score (nSPS) is 42.1. The van der Waals surface area contributed by atoms with Gasteiger partial charge < -0.3 is 137 Å². The predicted molar refractivity (Wildman–Crippen MR) is 208 cm³/mol. The number of rotatable bonds is 21. The number of amides is 1. The van der Waals surface area contributed by atoms with Gasteiger partial charge in [-0.2, -0.15) is 0 Å². The van der Waals surface area contributed by atoms with Gasteiger partial charge in [-0.05, 0) is 6.92 Å². The zero-order chi connectivity index (χ0) is 50.6. The smallest absolute Gasteiger partial charge is 0.364 e. The summed E-state index contributed by atoms with van der Waals surface area (Å²) in [6.45, 7) is -2.31. The number of carboxylic acids is 3. The molecule has 22 N–H and O–H groups in total. The van der Waals surface area contributed by atoms with E-state index in [1.54, 1.807) is 0 Å². The molecule has 0 aromatic carbocycles. The minimum absolute atomic E-state index is 0.902. The Morgan fingerprint density at radius 3 is 1.67 bits per heavy atom. The van der Waals surface area contributed by atoms with Crippen LogP contribution in [0.5, 0.6) is 0 Å². The van der Waals surface area contributed by atoms with E-state index in [-0.39, 0.29) is 0 Å². The fourth-order valence-corrected chi connectivity index (χ4v) is 7.87. The lowest BCUT2D eigenvalue weighted by atomic mass is 9.88. The molecule has 0 aliphatic carbocycles. The van der Waals surface area contributed by atoms with Gasteiger partial charge in [0.1, 0.15) is 91.4 Å². The number of carbonyl (C=O) groups is 4. The first-order chi connectivity index (χ1) is 31.2. The fraction of sp³-hybridized carbons (Fsp3) is 0.889. The van der Waals surface area contributed by atoms with Crippen LogP contribution >= 0.6 is 0 Å². The Morgan fingerprint density at radius 2 is 1.21 bits per heavy atom. The molecule has 388 valence electrons. The SMILES string of the molecule is CC(=O)N[C@H]1[C@@H](O[C@H](C)[C@H](N)C(=O)O)O[C@H](CO[C@@]2(C(=O)O)C[C@H](O)[C@@H](N)[C@H]([C@H](O)[C@H](O)CO)O2)[C@H](O)[C@@H]1O[C@@H]1O[C@H](CO)[C@H](O)[C@H](O[C@@]2(C(=O)O)C[C@H](O)[C@@H](N)[C@H]([C@H](O)[C@H](O)CO)O2)[C@H]1O. The van der Waals surface area contributed by atoms with Crippen molar-refractivity contribution in [3.63, 3.8) is 0 Å². The summed E-state index contributed by atoms with van der Waals surface area (Å²) in [5, 5.41) is 159. The summed E-state index contributed by atoms with van der Waals surface area (Å²) in [5.74, 6) is -12.6. The predicted octanol–water partition coefficient (Wildman–Crippen LogP) is -11.4. The zero-order valence-corrected chi connectivity index (χ0v) is 35.8. The van der Waals surface area contributed by atoms with E-state index < -0.39 is 209 Å². The van der Waals surface area contributed by atoms with Crippen molar-refractivity contribution in [2.45, 2.75) is 173 Å². The minimum Gasteiger partial charge on any atom is -0.480 e. The van der Waals surface area contributed by atoms with E-state index in [0.29, 0.717) is 0 Å². The van der Waals surface area contributed by atoms with Crippen molar-refractivity contribution >= 4 is 23.8 Å². The molecular weight excluding hydrogens is 920 g/mol. The molecule has 4 saturated heterocycles. The van der Waals surface area contributed by atoms with Crippen LogP contribution in [0, 0.1) is 0 Å². The van der Waals surface area contributed by atoms with Gasteiger partial charge in [0.2, 0.25) is 5.91 Å². The third-order valence-electron chi connectivity index (χ3n) is 11.8. The van der Waals surface area contributed by atoms with Crippen LogP contribution in [-0.4, -0.2) is 273 Å². The van der Waals surface area contributed by atoms with E-state index in [4.69, 9.17) is 55.1 Å². The summed E-state index contributed by atoms with van der Waals surface area (Å²) in [6, 6.07) is -6.80. The van der Waals surface area contributed by atoms with Gasteiger partial charge in [0, 0.05) is 19.8 Å². The second-order valence-electron chi connectivity index (χ2n) is 16.6. The summed E-state index contributed by atoms with van der Waals surface area (Å²) < 4.78 is 45.5. The molecule has 67 heavy (non-hydrogen) atoms. The molecule has 4 aliphatic rings. The van der Waals surface area contributed by atoms with Crippen LogP contribution < -0.4 is 22.5 Å². The van der Waals surface area contributed by atoms with Crippen LogP contribution in [0.2, 0.25) is 0 Å². The van der Waals surface area contributed by atoms with E-state index in [0.717, 1.165) is 13.8 Å². The summed E-state index contributed by atoms with van der Waals surface area (Å²) >= 11 is 0. The van der Waals surface area contributed by atoms with Crippen molar-refractivity contribution < 1.29 is 134 Å². The van der Waals surface area contributed by atoms with Crippen molar-refractivity contribution in [1.82, 2.24) is 5.32 Å². The number of carboxylic acid groups (broad SMARTS) is 3. The number of carbonyl (C=O) groups excluding carboxylic acids is 1. The van der Waals surface area contributed by atoms with Gasteiger partial charge in [0.15, 0.2) is 12.6 Å². The minimum atomic E-state index is -3.15. The summed E-state index contributed by atoms with van der Waals surface area (Å²) in [6.07, 6.45) is -38.8. The summed E-state index contributed by atoms with van der Waals surface area (Å²) in [5.41, 5.74) is 17.6. The lowest BCUT2D eigenvalue weighted by molar-refractivity contribution is -0.383. The number of ether oxygens (including phenoxy) is 8. The van der Waals surface area contributed by atoms with Crippen molar-refractivity contribution in [2.24, 2.45) is 17.2 Å². The molecule has 31 heteroatoms. The number of hydrogen-bond donors (Lipinski definition) is 19. The van der Waals surface area contributed by atoms with Crippen molar-refractivity contribution in [3.05, 3.63) is 0 Å². The molecule has 0 saturated carbocycles. The Morgan fingerprint density at radius 1 is 0.731 bits per heavy atom. The third kappa shape index (κ3) is 12.3. The number of hydrogen-bond acceptors (Lipinski definition) is 27. The maximum Gasteiger partial charge on any atom is 0.364 e.